The molecule has 0 aliphatic heterocycles. The highest BCUT2D eigenvalue weighted by molar-refractivity contribution is 6.02. The third kappa shape index (κ3) is 3.47. The van der Waals surface area contributed by atoms with Crippen LogP contribution in [0.3, 0.4) is 0 Å². The van der Waals surface area contributed by atoms with Crippen LogP contribution >= 0.6 is 0 Å². The topological polar surface area (TPSA) is 79.8 Å². The van der Waals surface area contributed by atoms with E-state index in [2.05, 4.69) is 25.6 Å². The first-order chi connectivity index (χ1) is 9.70. The fourth-order valence-electron chi connectivity index (χ4n) is 1.45. The molecule has 0 spiro atoms. The largest absolute Gasteiger partial charge is 0.369 e. The molecule has 7 heteroatoms. The lowest BCUT2D eigenvalue weighted by atomic mass is 10.3. The maximum Gasteiger partial charge on any atom is 0.275 e. The Bertz CT molecular complexity index is 588. The van der Waals surface area contributed by atoms with Gasteiger partial charge < -0.3 is 10.6 Å². The average molecular weight is 275 g/mol. The van der Waals surface area contributed by atoms with Crippen LogP contribution in [-0.2, 0) is 0 Å². The average Bonchev–Trinajstić information content (AvgIpc) is 2.48. The lowest BCUT2D eigenvalue weighted by Gasteiger charge is -2.06. The minimum atomic E-state index is -0.602. The van der Waals surface area contributed by atoms with E-state index < -0.39 is 11.7 Å². The molecular weight excluding hydrogens is 261 g/mol. The second-order valence-corrected chi connectivity index (χ2v) is 4.02. The highest BCUT2D eigenvalue weighted by atomic mass is 19.1. The van der Waals surface area contributed by atoms with Crippen molar-refractivity contribution in [3.63, 3.8) is 0 Å². The molecule has 0 atom stereocenters. The number of amides is 1. The molecule has 0 aromatic carbocycles. The van der Waals surface area contributed by atoms with Crippen LogP contribution in [0.4, 0.5) is 15.9 Å². The summed E-state index contributed by atoms with van der Waals surface area (Å²) in [6.07, 6.45) is 6.19. The minimum Gasteiger partial charge on any atom is -0.369 e. The number of carbonyl (C=O) groups is 1. The summed E-state index contributed by atoms with van der Waals surface area (Å²) in [5.74, 6) is -0.529. The number of rotatable bonds is 5. The predicted octanol–water partition coefficient (Wildman–Crippen LogP) is 2.08. The lowest BCUT2D eigenvalue weighted by Crippen LogP contribution is -2.15. The first kappa shape index (κ1) is 13.9. The van der Waals surface area contributed by atoms with Crippen molar-refractivity contribution in [1.82, 2.24) is 15.0 Å². The van der Waals surface area contributed by atoms with Gasteiger partial charge in [-0.3, -0.25) is 9.78 Å². The van der Waals surface area contributed by atoms with Gasteiger partial charge in [-0.05, 0) is 12.5 Å². The molecule has 0 radical (unpaired) electrons. The fourth-order valence-corrected chi connectivity index (χ4v) is 1.45. The van der Waals surface area contributed by atoms with Gasteiger partial charge in [0.05, 0.1) is 24.3 Å². The standard InChI is InChI=1S/C13H14FN5O/c1-2-4-16-12-8-17-11(7-18-12)13(20)19-10-3-5-15-6-9(10)14/h3,5-8H,2,4H2,1H3,(H,16,18)(H,15,19,20). The smallest absolute Gasteiger partial charge is 0.275 e. The Morgan fingerprint density at radius 2 is 2.15 bits per heavy atom. The van der Waals surface area contributed by atoms with E-state index in [4.69, 9.17) is 0 Å². The quantitative estimate of drug-likeness (QED) is 0.873. The molecule has 2 heterocycles. The van der Waals surface area contributed by atoms with Gasteiger partial charge in [-0.15, -0.1) is 0 Å². The number of aromatic nitrogens is 3. The zero-order chi connectivity index (χ0) is 14.4. The summed E-state index contributed by atoms with van der Waals surface area (Å²) >= 11 is 0. The molecule has 0 aliphatic rings. The van der Waals surface area contributed by atoms with Crippen LogP contribution in [0.15, 0.2) is 30.9 Å². The Morgan fingerprint density at radius 1 is 1.30 bits per heavy atom. The van der Waals surface area contributed by atoms with E-state index in [1.165, 1.54) is 24.7 Å². The highest BCUT2D eigenvalue weighted by Gasteiger charge is 2.10. The Kier molecular flexibility index (Phi) is 4.54. The zero-order valence-electron chi connectivity index (χ0n) is 10.9. The SMILES string of the molecule is CCCNc1cnc(C(=O)Nc2ccncc2F)cn1. The summed E-state index contributed by atoms with van der Waals surface area (Å²) < 4.78 is 13.3. The van der Waals surface area contributed by atoms with E-state index in [1.807, 2.05) is 6.92 Å². The van der Waals surface area contributed by atoms with E-state index in [1.54, 1.807) is 0 Å². The Labute approximate surface area is 115 Å². The molecule has 2 N–H and O–H groups in total. The van der Waals surface area contributed by atoms with Gasteiger partial charge in [-0.1, -0.05) is 6.92 Å². The van der Waals surface area contributed by atoms with E-state index >= 15 is 0 Å². The van der Waals surface area contributed by atoms with Gasteiger partial charge in [0, 0.05) is 12.7 Å². The molecule has 20 heavy (non-hydrogen) atoms. The molecule has 0 saturated heterocycles. The number of pyridine rings is 1. The number of hydrogen-bond acceptors (Lipinski definition) is 5. The molecule has 1 amide bonds. The molecule has 104 valence electrons. The number of anilines is 2. The summed E-state index contributed by atoms with van der Waals surface area (Å²) in [6, 6.07) is 1.37. The van der Waals surface area contributed by atoms with Gasteiger partial charge in [-0.25, -0.2) is 14.4 Å². The summed E-state index contributed by atoms with van der Waals surface area (Å²) in [5.41, 5.74) is 0.170. The summed E-state index contributed by atoms with van der Waals surface area (Å²) in [6.45, 7) is 2.81. The van der Waals surface area contributed by atoms with Gasteiger partial charge in [0.1, 0.15) is 11.5 Å². The normalized spacial score (nSPS) is 10.1. The summed E-state index contributed by atoms with van der Waals surface area (Å²) in [5, 5.41) is 5.46. The molecule has 0 fully saturated rings. The van der Waals surface area contributed by atoms with Crippen molar-refractivity contribution in [1.29, 1.82) is 0 Å². The van der Waals surface area contributed by atoms with Crippen molar-refractivity contribution in [3.8, 4) is 0 Å². The summed E-state index contributed by atoms with van der Waals surface area (Å²) in [7, 11) is 0. The fraction of sp³-hybridized carbons (Fsp3) is 0.231. The van der Waals surface area contributed by atoms with Crippen molar-refractivity contribution in [2.24, 2.45) is 0 Å². The van der Waals surface area contributed by atoms with E-state index in [-0.39, 0.29) is 11.4 Å². The number of nitrogens with zero attached hydrogens (tertiary/aromatic N) is 3. The molecular formula is C13H14FN5O. The second kappa shape index (κ2) is 6.55. The maximum atomic E-state index is 13.3. The molecule has 2 aromatic rings. The first-order valence-electron chi connectivity index (χ1n) is 6.17. The van der Waals surface area contributed by atoms with Crippen LogP contribution in [0.25, 0.3) is 0 Å². The monoisotopic (exact) mass is 275 g/mol. The van der Waals surface area contributed by atoms with Gasteiger partial charge >= 0.3 is 0 Å². The van der Waals surface area contributed by atoms with Crippen LogP contribution < -0.4 is 10.6 Å². The maximum absolute atomic E-state index is 13.3. The van der Waals surface area contributed by atoms with Gasteiger partial charge in [0.15, 0.2) is 5.82 Å². The lowest BCUT2D eigenvalue weighted by molar-refractivity contribution is 0.102. The van der Waals surface area contributed by atoms with E-state index in [9.17, 15) is 9.18 Å². The third-order valence-electron chi connectivity index (χ3n) is 2.46. The molecule has 0 unspecified atom stereocenters. The van der Waals surface area contributed by atoms with Crippen LogP contribution in [0.1, 0.15) is 23.8 Å². The van der Waals surface area contributed by atoms with Crippen molar-refractivity contribution >= 4 is 17.4 Å². The highest BCUT2D eigenvalue weighted by Crippen LogP contribution is 2.12. The molecule has 2 rings (SSSR count). The molecule has 0 aliphatic carbocycles. The Morgan fingerprint density at radius 3 is 2.80 bits per heavy atom. The molecule has 0 bridgehead atoms. The molecule has 0 saturated carbocycles. The Balaban J connectivity index is 2.04. The first-order valence-corrected chi connectivity index (χ1v) is 6.17. The minimum absolute atomic E-state index is 0.0555. The van der Waals surface area contributed by atoms with Crippen LogP contribution in [0, 0.1) is 5.82 Å². The van der Waals surface area contributed by atoms with Crippen molar-refractivity contribution in [2.45, 2.75) is 13.3 Å². The van der Waals surface area contributed by atoms with Crippen LogP contribution in [-0.4, -0.2) is 27.4 Å². The van der Waals surface area contributed by atoms with Gasteiger partial charge in [0.2, 0.25) is 0 Å². The zero-order valence-corrected chi connectivity index (χ0v) is 10.9. The van der Waals surface area contributed by atoms with E-state index in [0.29, 0.717) is 5.82 Å². The van der Waals surface area contributed by atoms with Crippen molar-refractivity contribution in [3.05, 3.63) is 42.4 Å². The predicted molar refractivity (Wildman–Crippen MR) is 73.0 cm³/mol. The van der Waals surface area contributed by atoms with Crippen molar-refractivity contribution in [2.75, 3.05) is 17.2 Å². The van der Waals surface area contributed by atoms with Crippen LogP contribution in [0.2, 0.25) is 0 Å². The number of halogens is 1. The number of carbonyl (C=O) groups excluding carboxylic acids is 1. The molecule has 6 nitrogen and oxygen atoms in total. The molecule has 2 aromatic heterocycles. The van der Waals surface area contributed by atoms with Gasteiger partial charge in [-0.2, -0.15) is 0 Å². The second-order valence-electron chi connectivity index (χ2n) is 4.02. The third-order valence-corrected chi connectivity index (χ3v) is 2.46. The summed E-state index contributed by atoms with van der Waals surface area (Å²) in [4.78, 5) is 23.5. The van der Waals surface area contributed by atoms with Gasteiger partial charge in [0.25, 0.3) is 5.91 Å². The van der Waals surface area contributed by atoms with Crippen molar-refractivity contribution < 1.29 is 9.18 Å². The number of nitrogens with one attached hydrogen (secondary N) is 2. The Hall–Kier alpha value is -2.57. The number of hydrogen-bond donors (Lipinski definition) is 2. The van der Waals surface area contributed by atoms with Crippen LogP contribution in [0.5, 0.6) is 0 Å². The van der Waals surface area contributed by atoms with E-state index in [0.717, 1.165) is 19.2 Å².